The Morgan fingerprint density at radius 1 is 1.04 bits per heavy atom. The van der Waals surface area contributed by atoms with Crippen molar-refractivity contribution in [3.63, 3.8) is 0 Å². The van der Waals surface area contributed by atoms with Crippen molar-refractivity contribution in [2.75, 3.05) is 32.6 Å². The molecule has 2 rings (SSSR count). The highest BCUT2D eigenvalue weighted by molar-refractivity contribution is 5.92. The van der Waals surface area contributed by atoms with Gasteiger partial charge in [-0.25, -0.2) is 9.18 Å². The molecule has 132 valence electrons. The molecule has 0 aliphatic rings. The van der Waals surface area contributed by atoms with Gasteiger partial charge in [-0.05, 0) is 24.3 Å². The molecule has 2 aromatic carbocycles. The fourth-order valence-corrected chi connectivity index (χ4v) is 2.20. The van der Waals surface area contributed by atoms with Crippen LogP contribution in [0.25, 0.3) is 0 Å². The fourth-order valence-electron chi connectivity index (χ4n) is 2.20. The normalized spacial score (nSPS) is 10.2. The van der Waals surface area contributed by atoms with Crippen molar-refractivity contribution in [2.24, 2.45) is 0 Å². The van der Waals surface area contributed by atoms with Crippen LogP contribution >= 0.6 is 0 Å². The monoisotopic (exact) mass is 344 g/mol. The van der Waals surface area contributed by atoms with Gasteiger partial charge in [0.1, 0.15) is 5.82 Å². The molecule has 0 unspecified atom stereocenters. The molecule has 0 radical (unpaired) electrons. The van der Waals surface area contributed by atoms with Crippen LogP contribution in [0.2, 0.25) is 0 Å². The Labute approximate surface area is 146 Å². The summed E-state index contributed by atoms with van der Waals surface area (Å²) < 4.78 is 18.7. The van der Waals surface area contributed by atoms with Crippen molar-refractivity contribution in [3.05, 3.63) is 65.5 Å². The van der Waals surface area contributed by atoms with E-state index in [1.165, 1.54) is 18.0 Å². The Hall–Kier alpha value is -2.89. The van der Waals surface area contributed by atoms with Crippen LogP contribution in [0.3, 0.4) is 0 Å². The summed E-state index contributed by atoms with van der Waals surface area (Å²) in [4.78, 5) is 27.4. The number of ether oxygens (including phenoxy) is 1. The number of anilines is 1. The van der Waals surface area contributed by atoms with Crippen molar-refractivity contribution >= 4 is 17.6 Å². The topological polar surface area (TPSA) is 49.9 Å². The summed E-state index contributed by atoms with van der Waals surface area (Å²) in [6, 6.07) is 13.2. The van der Waals surface area contributed by atoms with Gasteiger partial charge in [0.25, 0.3) is 5.91 Å². The minimum absolute atomic E-state index is 0.110. The van der Waals surface area contributed by atoms with Crippen LogP contribution in [0.1, 0.15) is 15.9 Å². The number of hydrogen-bond acceptors (Lipinski definition) is 4. The van der Waals surface area contributed by atoms with Gasteiger partial charge < -0.3 is 14.5 Å². The van der Waals surface area contributed by atoms with E-state index in [-0.39, 0.29) is 12.4 Å². The SMILES string of the molecule is CN(Cc1ccccc1F)C(=O)COC(=O)c1cccc(N(C)C)c1. The lowest BCUT2D eigenvalue weighted by atomic mass is 10.2. The molecule has 0 aliphatic carbocycles. The van der Waals surface area contributed by atoms with E-state index in [0.29, 0.717) is 11.1 Å². The van der Waals surface area contributed by atoms with E-state index >= 15 is 0 Å². The predicted molar refractivity (Wildman–Crippen MR) is 93.9 cm³/mol. The number of nitrogens with zero attached hydrogens (tertiary/aromatic N) is 2. The van der Waals surface area contributed by atoms with E-state index in [9.17, 15) is 14.0 Å². The summed E-state index contributed by atoms with van der Waals surface area (Å²) in [5.74, 6) is -1.35. The number of esters is 1. The number of amides is 1. The van der Waals surface area contributed by atoms with Crippen LogP contribution in [-0.2, 0) is 16.1 Å². The summed E-state index contributed by atoms with van der Waals surface area (Å²) in [6.45, 7) is -0.283. The van der Waals surface area contributed by atoms with Crippen LogP contribution in [0.15, 0.2) is 48.5 Å². The van der Waals surface area contributed by atoms with Gasteiger partial charge in [0.05, 0.1) is 5.56 Å². The second-order valence-corrected chi connectivity index (χ2v) is 5.86. The Balaban J connectivity index is 1.91. The van der Waals surface area contributed by atoms with Gasteiger partial charge in [-0.15, -0.1) is 0 Å². The Morgan fingerprint density at radius 2 is 1.76 bits per heavy atom. The number of halogens is 1. The molecule has 0 N–H and O–H groups in total. The first-order valence-corrected chi connectivity index (χ1v) is 7.80. The zero-order chi connectivity index (χ0) is 18.4. The summed E-state index contributed by atoms with van der Waals surface area (Å²) in [5, 5.41) is 0. The molecule has 5 nitrogen and oxygen atoms in total. The van der Waals surface area contributed by atoms with Crippen LogP contribution < -0.4 is 4.90 Å². The van der Waals surface area contributed by atoms with E-state index < -0.39 is 18.5 Å². The first kappa shape index (κ1) is 18.4. The van der Waals surface area contributed by atoms with Crippen LogP contribution in [0, 0.1) is 5.82 Å². The molecule has 6 heteroatoms. The van der Waals surface area contributed by atoms with Gasteiger partial charge in [-0.1, -0.05) is 24.3 Å². The third kappa shape index (κ3) is 5.04. The second-order valence-electron chi connectivity index (χ2n) is 5.86. The summed E-state index contributed by atoms with van der Waals surface area (Å²) in [6.07, 6.45) is 0. The van der Waals surface area contributed by atoms with Crippen molar-refractivity contribution in [2.45, 2.75) is 6.54 Å². The maximum absolute atomic E-state index is 13.6. The predicted octanol–water partition coefficient (Wildman–Crippen LogP) is 2.71. The number of rotatable bonds is 6. The summed E-state index contributed by atoms with van der Waals surface area (Å²) in [7, 11) is 5.27. The molecule has 0 aromatic heterocycles. The lowest BCUT2D eigenvalue weighted by Gasteiger charge is -2.18. The number of benzene rings is 2. The standard InChI is InChI=1S/C19H21FN2O3/c1-21(2)16-9-6-8-14(11-16)19(24)25-13-18(23)22(3)12-15-7-4-5-10-17(15)20/h4-11H,12-13H2,1-3H3. The van der Waals surface area contributed by atoms with E-state index in [4.69, 9.17) is 4.74 Å². The summed E-state index contributed by atoms with van der Waals surface area (Å²) >= 11 is 0. The van der Waals surface area contributed by atoms with Gasteiger partial charge in [-0.3, -0.25) is 4.79 Å². The van der Waals surface area contributed by atoms with E-state index in [0.717, 1.165) is 5.69 Å². The van der Waals surface area contributed by atoms with Crippen molar-refractivity contribution in [1.29, 1.82) is 0 Å². The van der Waals surface area contributed by atoms with Gasteiger partial charge in [0, 0.05) is 38.9 Å². The Morgan fingerprint density at radius 3 is 2.44 bits per heavy atom. The minimum Gasteiger partial charge on any atom is -0.452 e. The molecule has 25 heavy (non-hydrogen) atoms. The Bertz CT molecular complexity index is 762. The molecule has 0 saturated heterocycles. The number of likely N-dealkylation sites (N-methyl/N-ethyl adjacent to an activating group) is 1. The molecule has 1 amide bonds. The van der Waals surface area contributed by atoms with Gasteiger partial charge >= 0.3 is 5.97 Å². The zero-order valence-electron chi connectivity index (χ0n) is 14.5. The molecule has 0 atom stereocenters. The van der Waals surface area contributed by atoms with Crippen molar-refractivity contribution in [3.8, 4) is 0 Å². The Kier molecular flexibility index (Phi) is 6.11. The van der Waals surface area contributed by atoms with Crippen molar-refractivity contribution in [1.82, 2.24) is 4.90 Å². The molecular formula is C19H21FN2O3. The molecule has 0 heterocycles. The number of carbonyl (C=O) groups is 2. The number of hydrogen-bond donors (Lipinski definition) is 0. The maximum Gasteiger partial charge on any atom is 0.338 e. The quantitative estimate of drug-likeness (QED) is 0.756. The molecule has 2 aromatic rings. The van der Waals surface area contributed by atoms with Gasteiger partial charge in [0.2, 0.25) is 0 Å². The smallest absolute Gasteiger partial charge is 0.338 e. The molecule has 0 bridgehead atoms. The maximum atomic E-state index is 13.6. The molecule has 0 fully saturated rings. The largest absolute Gasteiger partial charge is 0.452 e. The molecule has 0 saturated carbocycles. The first-order valence-electron chi connectivity index (χ1n) is 7.80. The van der Waals surface area contributed by atoms with Crippen LogP contribution in [-0.4, -0.2) is 44.5 Å². The highest BCUT2D eigenvalue weighted by Crippen LogP contribution is 2.14. The van der Waals surface area contributed by atoms with Crippen LogP contribution in [0.5, 0.6) is 0 Å². The van der Waals surface area contributed by atoms with E-state index in [1.807, 2.05) is 25.1 Å². The average molecular weight is 344 g/mol. The zero-order valence-corrected chi connectivity index (χ0v) is 14.5. The fraction of sp³-hybridized carbons (Fsp3) is 0.263. The minimum atomic E-state index is -0.573. The van der Waals surface area contributed by atoms with Crippen LogP contribution in [0.4, 0.5) is 10.1 Å². The van der Waals surface area contributed by atoms with E-state index in [2.05, 4.69) is 0 Å². The van der Waals surface area contributed by atoms with Gasteiger partial charge in [-0.2, -0.15) is 0 Å². The first-order chi connectivity index (χ1) is 11.9. The summed E-state index contributed by atoms with van der Waals surface area (Å²) in [5.41, 5.74) is 1.64. The lowest BCUT2D eigenvalue weighted by molar-refractivity contribution is -0.133. The van der Waals surface area contributed by atoms with E-state index in [1.54, 1.807) is 36.4 Å². The lowest BCUT2D eigenvalue weighted by Crippen LogP contribution is -2.31. The third-order valence-corrected chi connectivity index (χ3v) is 3.72. The highest BCUT2D eigenvalue weighted by atomic mass is 19.1. The molecule has 0 spiro atoms. The average Bonchev–Trinajstić information content (AvgIpc) is 2.61. The molecular weight excluding hydrogens is 323 g/mol. The third-order valence-electron chi connectivity index (χ3n) is 3.72. The number of carbonyl (C=O) groups excluding carboxylic acids is 2. The molecule has 0 aliphatic heterocycles. The highest BCUT2D eigenvalue weighted by Gasteiger charge is 2.15. The van der Waals surface area contributed by atoms with Gasteiger partial charge in [0.15, 0.2) is 6.61 Å². The van der Waals surface area contributed by atoms with Crippen molar-refractivity contribution < 1.29 is 18.7 Å². The second kappa shape index (κ2) is 8.28.